The molecule has 0 saturated carbocycles. The fraction of sp³-hybridized carbons (Fsp3) is 0.625. The average molecular weight is 189 g/mol. The van der Waals surface area contributed by atoms with Gasteiger partial charge in [0.25, 0.3) is 5.91 Å². The van der Waals surface area contributed by atoms with Crippen molar-refractivity contribution in [2.45, 2.75) is 20.8 Å². The molecule has 0 radical (unpaired) electrons. The number of amides is 1. The van der Waals surface area contributed by atoms with Gasteiger partial charge in [-0.15, -0.1) is 0 Å². The zero-order valence-corrected chi connectivity index (χ0v) is 8.78. The summed E-state index contributed by atoms with van der Waals surface area (Å²) in [5, 5.41) is 2.51. The highest BCUT2D eigenvalue weighted by atomic mass is 31.2. The Morgan fingerprint density at radius 3 is 2.08 bits per heavy atom. The van der Waals surface area contributed by atoms with E-state index in [0.717, 1.165) is 0 Å². The first-order valence-corrected chi connectivity index (χ1v) is 6.09. The van der Waals surface area contributed by atoms with E-state index in [9.17, 15) is 9.36 Å². The average Bonchev–Trinajstić information content (AvgIpc) is 2.04. The molecule has 0 aromatic rings. The highest BCUT2D eigenvalue weighted by Gasteiger charge is 2.19. The van der Waals surface area contributed by atoms with Gasteiger partial charge in [0.15, 0.2) is 7.29 Å². The zero-order chi connectivity index (χ0) is 9.78. The molecule has 12 heavy (non-hydrogen) atoms. The Labute approximate surface area is 73.7 Å². The molecule has 0 aliphatic rings. The van der Waals surface area contributed by atoms with Crippen LogP contribution in [0.3, 0.4) is 0 Å². The number of hydrogen-bond donors (Lipinski definition) is 1. The minimum atomic E-state index is -2.45. The third kappa shape index (κ3) is 3.22. The van der Waals surface area contributed by atoms with Crippen LogP contribution in [0, 0.1) is 0 Å². The van der Waals surface area contributed by atoms with Gasteiger partial charge < -0.3 is 9.65 Å². The summed E-state index contributed by atoms with van der Waals surface area (Å²) in [6, 6.07) is 0. The summed E-state index contributed by atoms with van der Waals surface area (Å²) in [5.41, 5.74) is 0.400. The summed E-state index contributed by atoms with van der Waals surface area (Å²) in [4.78, 5) is 11.1. The first kappa shape index (κ1) is 11.4. The Bertz CT molecular complexity index is 227. The second-order valence-corrected chi connectivity index (χ2v) is 6.01. The summed E-state index contributed by atoms with van der Waals surface area (Å²) >= 11 is 0. The van der Waals surface area contributed by atoms with Gasteiger partial charge in [-0.1, -0.05) is 20.4 Å². The van der Waals surface area contributed by atoms with Crippen molar-refractivity contribution in [3.63, 3.8) is 0 Å². The number of nitrogens with one attached hydrogen (secondary N) is 1. The van der Waals surface area contributed by atoms with Crippen molar-refractivity contribution in [1.82, 2.24) is 5.09 Å². The maximum atomic E-state index is 11.7. The normalized spacial score (nSPS) is 10.9. The number of rotatable bonds is 4. The lowest BCUT2D eigenvalue weighted by Gasteiger charge is -2.15. The monoisotopic (exact) mass is 189 g/mol. The van der Waals surface area contributed by atoms with Crippen molar-refractivity contribution >= 4 is 13.2 Å². The van der Waals surface area contributed by atoms with Crippen LogP contribution in [0.15, 0.2) is 12.2 Å². The van der Waals surface area contributed by atoms with Crippen LogP contribution < -0.4 is 5.09 Å². The molecule has 1 amide bonds. The maximum Gasteiger partial charge on any atom is 0.251 e. The lowest BCUT2D eigenvalue weighted by molar-refractivity contribution is -0.115. The predicted octanol–water partition coefficient (Wildman–Crippen LogP) is 2.00. The molecule has 0 aromatic heterocycles. The fourth-order valence-corrected chi connectivity index (χ4v) is 1.99. The number of carbonyl (C=O) groups excluding carboxylic acids is 1. The molecule has 0 saturated heterocycles. The molecule has 0 atom stereocenters. The van der Waals surface area contributed by atoms with Crippen molar-refractivity contribution < 1.29 is 9.36 Å². The van der Waals surface area contributed by atoms with Crippen molar-refractivity contribution in [2.24, 2.45) is 0 Å². The van der Waals surface area contributed by atoms with E-state index in [1.165, 1.54) is 0 Å². The van der Waals surface area contributed by atoms with Gasteiger partial charge in [0.1, 0.15) is 0 Å². The summed E-state index contributed by atoms with van der Waals surface area (Å²) in [5.74, 6) is -0.304. The summed E-state index contributed by atoms with van der Waals surface area (Å²) in [6.07, 6.45) is 1.00. The van der Waals surface area contributed by atoms with Gasteiger partial charge in [0, 0.05) is 17.9 Å². The van der Waals surface area contributed by atoms with Gasteiger partial charge in [-0.3, -0.25) is 4.79 Å². The van der Waals surface area contributed by atoms with Crippen LogP contribution in [-0.2, 0) is 9.36 Å². The maximum absolute atomic E-state index is 11.7. The molecule has 0 bridgehead atoms. The Morgan fingerprint density at radius 2 is 1.83 bits per heavy atom. The standard InChI is InChI=1S/C8H16NO2P/c1-5-12(11,6-2)9-8(10)7(3)4/h3,5-6H2,1-2,4H3,(H,9,10,11). The molecule has 0 heterocycles. The molecular weight excluding hydrogens is 173 g/mol. The van der Waals surface area contributed by atoms with Gasteiger partial charge in [-0.05, 0) is 6.92 Å². The largest absolute Gasteiger partial charge is 0.303 e. The summed E-state index contributed by atoms with van der Waals surface area (Å²) < 4.78 is 11.7. The van der Waals surface area contributed by atoms with Crippen LogP contribution in [0.4, 0.5) is 0 Å². The first-order valence-electron chi connectivity index (χ1n) is 4.01. The summed E-state index contributed by atoms with van der Waals surface area (Å²) in [7, 11) is -2.45. The van der Waals surface area contributed by atoms with Crippen LogP contribution >= 0.6 is 7.29 Å². The van der Waals surface area contributed by atoms with E-state index in [1.54, 1.807) is 6.92 Å². The highest BCUT2D eigenvalue weighted by Crippen LogP contribution is 2.39. The number of carbonyl (C=O) groups is 1. The van der Waals surface area contributed by atoms with Crippen molar-refractivity contribution in [1.29, 1.82) is 0 Å². The highest BCUT2D eigenvalue weighted by molar-refractivity contribution is 7.62. The quantitative estimate of drug-likeness (QED) is 0.543. The lowest BCUT2D eigenvalue weighted by Crippen LogP contribution is -2.22. The fourth-order valence-electron chi connectivity index (χ4n) is 0.662. The molecule has 0 aliphatic heterocycles. The smallest absolute Gasteiger partial charge is 0.251 e. The van der Waals surface area contributed by atoms with Crippen LogP contribution in [0.25, 0.3) is 0 Å². The Kier molecular flexibility index (Phi) is 4.25. The third-order valence-electron chi connectivity index (χ3n) is 1.71. The SMILES string of the molecule is C=C(C)C(=O)NP(=O)(CC)CC. The zero-order valence-electron chi connectivity index (χ0n) is 7.89. The van der Waals surface area contributed by atoms with Gasteiger partial charge in [0.05, 0.1) is 0 Å². The topological polar surface area (TPSA) is 46.2 Å². The van der Waals surface area contributed by atoms with E-state index in [4.69, 9.17) is 0 Å². The molecule has 0 aromatic carbocycles. The molecule has 1 N–H and O–H groups in total. The van der Waals surface area contributed by atoms with Crippen LogP contribution in [0.2, 0.25) is 0 Å². The van der Waals surface area contributed by atoms with Gasteiger partial charge in [-0.2, -0.15) is 0 Å². The molecular formula is C8H16NO2P. The van der Waals surface area contributed by atoms with E-state index in [2.05, 4.69) is 11.7 Å². The molecule has 0 unspecified atom stereocenters. The van der Waals surface area contributed by atoms with E-state index >= 15 is 0 Å². The van der Waals surface area contributed by atoms with Gasteiger partial charge >= 0.3 is 0 Å². The molecule has 0 spiro atoms. The third-order valence-corrected chi connectivity index (χ3v) is 4.37. The molecule has 3 nitrogen and oxygen atoms in total. The lowest BCUT2D eigenvalue weighted by atomic mass is 10.3. The van der Waals surface area contributed by atoms with Crippen LogP contribution in [0.5, 0.6) is 0 Å². The van der Waals surface area contributed by atoms with Crippen molar-refractivity contribution in [2.75, 3.05) is 12.3 Å². The second kappa shape index (κ2) is 4.46. The van der Waals surface area contributed by atoms with Gasteiger partial charge in [-0.25, -0.2) is 0 Å². The van der Waals surface area contributed by atoms with E-state index in [-0.39, 0.29) is 5.91 Å². The molecule has 0 aliphatic carbocycles. The number of hydrogen-bond acceptors (Lipinski definition) is 2. The molecule has 70 valence electrons. The van der Waals surface area contributed by atoms with E-state index in [0.29, 0.717) is 17.9 Å². The Morgan fingerprint density at radius 1 is 1.42 bits per heavy atom. The minimum absolute atomic E-state index is 0.304. The molecule has 0 fully saturated rings. The van der Waals surface area contributed by atoms with Crippen LogP contribution in [-0.4, -0.2) is 18.2 Å². The first-order chi connectivity index (χ1) is 5.45. The molecule has 4 heteroatoms. The minimum Gasteiger partial charge on any atom is -0.303 e. The Balaban J connectivity index is 4.32. The molecule has 0 rings (SSSR count). The Hall–Kier alpha value is -0.560. The van der Waals surface area contributed by atoms with E-state index in [1.807, 2.05) is 13.8 Å². The summed E-state index contributed by atoms with van der Waals surface area (Å²) in [6.45, 7) is 8.69. The van der Waals surface area contributed by atoms with E-state index < -0.39 is 7.29 Å². The second-order valence-electron chi connectivity index (χ2n) is 2.74. The van der Waals surface area contributed by atoms with Gasteiger partial charge in [0.2, 0.25) is 0 Å². The van der Waals surface area contributed by atoms with Crippen molar-refractivity contribution in [3.8, 4) is 0 Å². The predicted molar refractivity (Wildman–Crippen MR) is 51.6 cm³/mol. The van der Waals surface area contributed by atoms with Crippen LogP contribution in [0.1, 0.15) is 20.8 Å². The van der Waals surface area contributed by atoms with Crippen molar-refractivity contribution in [3.05, 3.63) is 12.2 Å².